The van der Waals surface area contributed by atoms with Crippen LogP contribution in [0, 0.1) is 5.92 Å². The van der Waals surface area contributed by atoms with E-state index in [4.69, 9.17) is 4.74 Å². The van der Waals surface area contributed by atoms with Crippen molar-refractivity contribution in [3.63, 3.8) is 0 Å². The van der Waals surface area contributed by atoms with Crippen LogP contribution < -0.4 is 0 Å². The molecule has 0 amide bonds. The van der Waals surface area contributed by atoms with Gasteiger partial charge in [0.05, 0.1) is 0 Å². The summed E-state index contributed by atoms with van der Waals surface area (Å²) in [4.78, 5) is 0. The van der Waals surface area contributed by atoms with E-state index >= 15 is 0 Å². The highest BCUT2D eigenvalue weighted by Crippen LogP contribution is 2.23. The zero-order valence-corrected chi connectivity index (χ0v) is 12.3. The van der Waals surface area contributed by atoms with Crippen LogP contribution in [0.3, 0.4) is 0 Å². The number of hydrogen-bond acceptors (Lipinski definition) is 4. The lowest BCUT2D eigenvalue weighted by Gasteiger charge is -2.37. The van der Waals surface area contributed by atoms with Crippen molar-refractivity contribution >= 4 is 10.2 Å². The Morgan fingerprint density at radius 2 is 2.00 bits per heavy atom. The minimum Gasteiger partial charge on any atom is -0.396 e. The Labute approximate surface area is 115 Å². The molecular formula is C12H24N2O4S. The minimum atomic E-state index is -3.40. The summed E-state index contributed by atoms with van der Waals surface area (Å²) in [5.74, 6) is 0.0756. The van der Waals surface area contributed by atoms with Crippen LogP contribution in [-0.4, -0.2) is 68.1 Å². The molecule has 7 heteroatoms. The first-order valence-corrected chi connectivity index (χ1v) is 8.37. The number of rotatable bonds is 4. The molecule has 112 valence electrons. The largest absolute Gasteiger partial charge is 0.396 e. The molecule has 0 bridgehead atoms. The number of aliphatic hydroxyl groups excluding tert-OH is 1. The van der Waals surface area contributed by atoms with Gasteiger partial charge in [0.2, 0.25) is 0 Å². The summed E-state index contributed by atoms with van der Waals surface area (Å²) in [5.41, 5.74) is 0. The molecule has 1 atom stereocenters. The van der Waals surface area contributed by atoms with Crippen molar-refractivity contribution in [3.05, 3.63) is 0 Å². The van der Waals surface area contributed by atoms with E-state index in [1.807, 2.05) is 0 Å². The smallest absolute Gasteiger partial charge is 0.281 e. The normalized spacial score (nSPS) is 27.8. The molecule has 0 spiro atoms. The molecule has 0 radical (unpaired) electrons. The van der Waals surface area contributed by atoms with Crippen LogP contribution in [0.4, 0.5) is 0 Å². The summed E-state index contributed by atoms with van der Waals surface area (Å²) in [5, 5.41) is 9.21. The second kappa shape index (κ2) is 6.49. The van der Waals surface area contributed by atoms with E-state index < -0.39 is 10.2 Å². The maximum atomic E-state index is 12.6. The first-order valence-electron chi connectivity index (χ1n) is 6.97. The summed E-state index contributed by atoms with van der Waals surface area (Å²) in [6, 6.07) is 0.0354. The van der Waals surface area contributed by atoms with E-state index in [0.29, 0.717) is 26.3 Å². The Morgan fingerprint density at radius 3 is 2.63 bits per heavy atom. The SMILES string of the molecule is CN(C1CCOCC1)S(=O)(=O)N1CCCC(CO)C1. The van der Waals surface area contributed by atoms with Gasteiger partial charge < -0.3 is 9.84 Å². The second-order valence-corrected chi connectivity index (χ2v) is 7.40. The molecule has 2 saturated heterocycles. The molecule has 0 aromatic heterocycles. The lowest BCUT2D eigenvalue weighted by atomic mass is 10.0. The lowest BCUT2D eigenvalue weighted by molar-refractivity contribution is 0.0609. The molecule has 2 aliphatic rings. The van der Waals surface area contributed by atoms with Crippen LogP contribution in [-0.2, 0) is 14.9 Å². The number of aliphatic hydroxyl groups is 1. The maximum Gasteiger partial charge on any atom is 0.281 e. The molecule has 19 heavy (non-hydrogen) atoms. The molecule has 2 heterocycles. The molecular weight excluding hydrogens is 268 g/mol. The molecule has 2 rings (SSSR count). The fourth-order valence-corrected chi connectivity index (χ4v) is 4.52. The maximum absolute atomic E-state index is 12.6. The molecule has 0 aromatic rings. The van der Waals surface area contributed by atoms with Gasteiger partial charge in [-0.05, 0) is 31.6 Å². The van der Waals surface area contributed by atoms with Crippen molar-refractivity contribution in [2.45, 2.75) is 31.7 Å². The highest BCUT2D eigenvalue weighted by atomic mass is 32.2. The summed E-state index contributed by atoms with van der Waals surface area (Å²) >= 11 is 0. The number of nitrogens with zero attached hydrogens (tertiary/aromatic N) is 2. The Hall–Kier alpha value is -0.210. The molecule has 1 unspecified atom stereocenters. The van der Waals surface area contributed by atoms with Crippen molar-refractivity contribution in [2.75, 3.05) is 40.0 Å². The van der Waals surface area contributed by atoms with Crippen molar-refractivity contribution < 1.29 is 18.3 Å². The Balaban J connectivity index is 2.03. The van der Waals surface area contributed by atoms with Gasteiger partial charge in [-0.3, -0.25) is 0 Å². The van der Waals surface area contributed by atoms with E-state index in [2.05, 4.69) is 0 Å². The average molecular weight is 292 g/mol. The number of hydrogen-bond donors (Lipinski definition) is 1. The van der Waals surface area contributed by atoms with E-state index in [1.54, 1.807) is 7.05 Å². The van der Waals surface area contributed by atoms with Gasteiger partial charge in [0, 0.05) is 46.0 Å². The van der Waals surface area contributed by atoms with Crippen LogP contribution in [0.25, 0.3) is 0 Å². The zero-order valence-electron chi connectivity index (χ0n) is 11.5. The van der Waals surface area contributed by atoms with Gasteiger partial charge in [-0.15, -0.1) is 0 Å². The van der Waals surface area contributed by atoms with Gasteiger partial charge in [0.25, 0.3) is 10.2 Å². The quantitative estimate of drug-likeness (QED) is 0.794. The van der Waals surface area contributed by atoms with Crippen molar-refractivity contribution in [3.8, 4) is 0 Å². The standard InChI is InChI=1S/C12H24N2O4S/c1-13(12-4-7-18-8-5-12)19(16,17)14-6-2-3-11(9-14)10-15/h11-12,15H,2-10H2,1H3. The topological polar surface area (TPSA) is 70.1 Å². The predicted molar refractivity (Wildman–Crippen MR) is 71.9 cm³/mol. The fourth-order valence-electron chi connectivity index (χ4n) is 2.80. The van der Waals surface area contributed by atoms with Gasteiger partial charge in [-0.2, -0.15) is 17.0 Å². The number of piperidine rings is 1. The van der Waals surface area contributed by atoms with Crippen LogP contribution in [0.15, 0.2) is 0 Å². The third-order valence-electron chi connectivity index (χ3n) is 4.14. The summed E-state index contributed by atoms with van der Waals surface area (Å²) in [6.07, 6.45) is 3.25. The van der Waals surface area contributed by atoms with E-state index in [0.717, 1.165) is 25.7 Å². The monoisotopic (exact) mass is 292 g/mol. The Morgan fingerprint density at radius 1 is 1.32 bits per heavy atom. The molecule has 2 fully saturated rings. The molecule has 6 nitrogen and oxygen atoms in total. The van der Waals surface area contributed by atoms with Gasteiger partial charge >= 0.3 is 0 Å². The van der Waals surface area contributed by atoms with E-state index in [9.17, 15) is 13.5 Å². The summed E-state index contributed by atoms with van der Waals surface area (Å²) < 4.78 is 33.4. The Bertz CT molecular complexity index is 373. The van der Waals surface area contributed by atoms with Crippen LogP contribution >= 0.6 is 0 Å². The Kier molecular flexibility index (Phi) is 5.19. The first-order chi connectivity index (χ1) is 9.05. The third-order valence-corrected chi connectivity index (χ3v) is 6.15. The highest BCUT2D eigenvalue weighted by molar-refractivity contribution is 7.86. The lowest BCUT2D eigenvalue weighted by Crippen LogP contribution is -2.51. The van der Waals surface area contributed by atoms with Gasteiger partial charge in [0.15, 0.2) is 0 Å². The summed E-state index contributed by atoms with van der Waals surface area (Å²) in [6.45, 7) is 2.32. The number of ether oxygens (including phenoxy) is 1. The van der Waals surface area contributed by atoms with E-state index in [1.165, 1.54) is 8.61 Å². The van der Waals surface area contributed by atoms with Gasteiger partial charge in [-0.1, -0.05) is 0 Å². The highest BCUT2D eigenvalue weighted by Gasteiger charge is 2.35. The van der Waals surface area contributed by atoms with Crippen LogP contribution in [0.5, 0.6) is 0 Å². The van der Waals surface area contributed by atoms with Crippen LogP contribution in [0.2, 0.25) is 0 Å². The molecule has 0 aliphatic carbocycles. The predicted octanol–water partition coefficient (Wildman–Crippen LogP) is 0.0463. The summed E-state index contributed by atoms with van der Waals surface area (Å²) in [7, 11) is -1.74. The minimum absolute atomic E-state index is 0.0354. The molecule has 0 aromatic carbocycles. The first kappa shape index (κ1) is 15.2. The van der Waals surface area contributed by atoms with E-state index in [-0.39, 0.29) is 18.6 Å². The molecule has 0 saturated carbocycles. The van der Waals surface area contributed by atoms with Crippen molar-refractivity contribution in [1.29, 1.82) is 0 Å². The second-order valence-electron chi connectivity index (χ2n) is 5.42. The van der Waals surface area contributed by atoms with Crippen molar-refractivity contribution in [2.24, 2.45) is 5.92 Å². The fraction of sp³-hybridized carbons (Fsp3) is 1.00. The van der Waals surface area contributed by atoms with Crippen LogP contribution in [0.1, 0.15) is 25.7 Å². The molecule has 1 N–H and O–H groups in total. The third kappa shape index (κ3) is 3.46. The van der Waals surface area contributed by atoms with Gasteiger partial charge in [0.1, 0.15) is 0 Å². The average Bonchev–Trinajstić information content (AvgIpc) is 2.47. The van der Waals surface area contributed by atoms with Gasteiger partial charge in [-0.25, -0.2) is 0 Å². The van der Waals surface area contributed by atoms with Crippen molar-refractivity contribution in [1.82, 2.24) is 8.61 Å². The molecule has 2 aliphatic heterocycles. The zero-order chi connectivity index (χ0) is 13.9.